The van der Waals surface area contributed by atoms with Crippen LogP contribution in [0.25, 0.3) is 17.2 Å². The molecule has 3 unspecified atom stereocenters. The number of benzene rings is 3. The predicted molar refractivity (Wildman–Crippen MR) is 251 cm³/mol. The number of hydrogen-bond donors (Lipinski definition) is 3. The van der Waals surface area contributed by atoms with Crippen LogP contribution in [-0.4, -0.2) is 84.0 Å². The van der Waals surface area contributed by atoms with Gasteiger partial charge in [0, 0.05) is 24.4 Å². The highest BCUT2D eigenvalue weighted by Gasteiger charge is 2.26. The van der Waals surface area contributed by atoms with E-state index in [1.807, 2.05) is 109 Å². The molecule has 1 amide bonds. The minimum absolute atomic E-state index is 0.183. The third-order valence-corrected chi connectivity index (χ3v) is 11.1. The predicted octanol–water partition coefficient (Wildman–Crippen LogP) is 11.1. The van der Waals surface area contributed by atoms with Gasteiger partial charge < -0.3 is 15.5 Å². The van der Waals surface area contributed by atoms with Crippen LogP contribution in [0.4, 0.5) is 0 Å². The largest absolute Gasteiger partial charge is 0.481 e. The molecule has 1 saturated heterocycles. The van der Waals surface area contributed by atoms with Gasteiger partial charge in [-0.2, -0.15) is 11.8 Å². The number of aryl methyl sites for hydroxylation is 1. The highest BCUT2D eigenvalue weighted by Crippen LogP contribution is 2.30. The third kappa shape index (κ3) is 22.3. The highest BCUT2D eigenvalue weighted by atomic mass is 32.2. The molecule has 0 aromatic heterocycles. The van der Waals surface area contributed by atoms with Gasteiger partial charge in [0.2, 0.25) is 0 Å². The third-order valence-electron chi connectivity index (χ3n) is 9.43. The second kappa shape index (κ2) is 31.9. The average Bonchev–Trinajstić information content (AvgIpc) is 3.66. The Morgan fingerprint density at radius 3 is 1.95 bits per heavy atom. The smallest absolute Gasteiger partial charge is 0.326 e. The van der Waals surface area contributed by atoms with E-state index >= 15 is 0 Å². The number of nitrogens with zero attached hydrogens (tertiary/aromatic N) is 1. The Morgan fingerprint density at radius 1 is 0.831 bits per heavy atom. The van der Waals surface area contributed by atoms with Crippen molar-refractivity contribution in [3.05, 3.63) is 101 Å². The standard InChI is InChI=1S/C32H36N2O5S.C6H12O2S.C4H8.3C2H6/c1-23-9-6-7-13-27(23)29-21-25(22-34-19-8-12-26(34)16-14-24-10-4-3-5-11-24)15-17-28(29)31(35)33-30(32(36)37)18-20-40(2,38)39;1-5(6(7)8)3-4-9-2;1-2-4-3-1;3*1-2/h3-7,9-11,13-17,21,26,30H,8,12,18-20,22H2,1-2H3,(H,33,35)(H,36,37);5H,3-4H2,1-2H3,(H,7,8);1-4H2;3*1-2H3. The first kappa shape index (κ1) is 55.1. The van der Waals surface area contributed by atoms with E-state index in [-0.39, 0.29) is 18.1 Å². The molecule has 1 heterocycles. The number of aliphatic carboxylic acids is 2. The molecule has 1 saturated carbocycles. The number of carboxylic acid groups (broad SMARTS) is 2. The summed E-state index contributed by atoms with van der Waals surface area (Å²) in [6, 6.07) is 22.7. The lowest BCUT2D eigenvalue weighted by Crippen LogP contribution is -2.42. The second-order valence-corrected chi connectivity index (χ2v) is 17.1. The number of carboxylic acids is 2. The number of carbonyl (C=O) groups excluding carboxylic acids is 1. The van der Waals surface area contributed by atoms with Gasteiger partial charge >= 0.3 is 11.9 Å². The van der Waals surface area contributed by atoms with E-state index in [1.54, 1.807) is 24.8 Å². The molecule has 0 bridgehead atoms. The van der Waals surface area contributed by atoms with Crippen LogP contribution in [0, 0.1) is 12.8 Å². The zero-order chi connectivity index (χ0) is 44.8. The molecule has 3 atom stereocenters. The molecule has 3 N–H and O–H groups in total. The van der Waals surface area contributed by atoms with Crippen molar-refractivity contribution in [2.75, 3.05) is 30.6 Å². The Hall–Kier alpha value is -3.93. The van der Waals surface area contributed by atoms with Gasteiger partial charge in [-0.1, -0.05) is 147 Å². The quantitative estimate of drug-likeness (QED) is 0.136. The van der Waals surface area contributed by atoms with E-state index < -0.39 is 33.7 Å². The summed E-state index contributed by atoms with van der Waals surface area (Å²) in [4.78, 5) is 37.8. The monoisotopic (exact) mass is 854 g/mol. The maximum Gasteiger partial charge on any atom is 0.326 e. The molecule has 1 aliphatic heterocycles. The lowest BCUT2D eigenvalue weighted by atomic mass is 9.93. The first-order valence-electron chi connectivity index (χ1n) is 21.4. The lowest BCUT2D eigenvalue weighted by Gasteiger charge is -2.23. The fraction of sp³-hybridized carbons (Fsp3) is 0.521. The van der Waals surface area contributed by atoms with Gasteiger partial charge in [-0.05, 0) is 91.1 Å². The number of amides is 1. The molecule has 3 aromatic carbocycles. The molecule has 330 valence electrons. The van der Waals surface area contributed by atoms with Crippen LogP contribution in [0.2, 0.25) is 0 Å². The number of nitrogens with one attached hydrogen (secondary N) is 1. The highest BCUT2D eigenvalue weighted by molar-refractivity contribution is 7.98. The van der Waals surface area contributed by atoms with Crippen molar-refractivity contribution in [3.8, 4) is 11.1 Å². The summed E-state index contributed by atoms with van der Waals surface area (Å²) in [7, 11) is -3.38. The number of likely N-dealkylation sites (tertiary alicyclic amines) is 1. The van der Waals surface area contributed by atoms with Crippen molar-refractivity contribution in [1.82, 2.24) is 10.2 Å². The number of thioether (sulfide) groups is 1. The van der Waals surface area contributed by atoms with Crippen LogP contribution < -0.4 is 5.32 Å². The Labute approximate surface area is 361 Å². The number of carbonyl (C=O) groups is 3. The molecule has 11 heteroatoms. The second-order valence-electron chi connectivity index (χ2n) is 13.9. The SMILES string of the molecule is C1CCC1.CC.CC.CC.CSCCC(C)C(=O)O.Cc1ccccc1-c1cc(CN2CCCC2C=Cc2ccccc2)ccc1C(=O)NC(CCS(C)(=O)=O)C(=O)O. The van der Waals surface area contributed by atoms with E-state index in [9.17, 15) is 27.9 Å². The zero-order valence-corrected chi connectivity index (χ0v) is 39.1. The van der Waals surface area contributed by atoms with E-state index in [0.717, 1.165) is 66.6 Å². The summed E-state index contributed by atoms with van der Waals surface area (Å²) in [6.07, 6.45) is 16.2. The Morgan fingerprint density at radius 2 is 1.42 bits per heavy atom. The van der Waals surface area contributed by atoms with Crippen LogP contribution in [0.3, 0.4) is 0 Å². The number of hydrogen-bond acceptors (Lipinski definition) is 7. The van der Waals surface area contributed by atoms with Crippen molar-refractivity contribution in [3.63, 3.8) is 0 Å². The Kier molecular flexibility index (Phi) is 29.8. The molecule has 5 rings (SSSR count). The normalized spacial score (nSPS) is 15.3. The van der Waals surface area contributed by atoms with E-state index in [2.05, 4.69) is 34.5 Å². The molecule has 3 aromatic rings. The summed E-state index contributed by atoms with van der Waals surface area (Å²) >= 11 is 1.68. The molecule has 2 aliphatic rings. The summed E-state index contributed by atoms with van der Waals surface area (Å²) < 4.78 is 23.2. The van der Waals surface area contributed by atoms with Crippen LogP contribution >= 0.6 is 11.8 Å². The average molecular weight is 855 g/mol. The number of rotatable bonds is 15. The van der Waals surface area contributed by atoms with Crippen molar-refractivity contribution in [1.29, 1.82) is 0 Å². The molecular formula is C48H74N2O7S2. The fourth-order valence-corrected chi connectivity index (χ4v) is 7.02. The van der Waals surface area contributed by atoms with Gasteiger partial charge in [0.15, 0.2) is 0 Å². The molecule has 9 nitrogen and oxygen atoms in total. The molecule has 2 fully saturated rings. The van der Waals surface area contributed by atoms with Gasteiger partial charge in [0.1, 0.15) is 15.9 Å². The van der Waals surface area contributed by atoms with Gasteiger partial charge in [-0.25, -0.2) is 13.2 Å². The lowest BCUT2D eigenvalue weighted by molar-refractivity contribution is -0.141. The van der Waals surface area contributed by atoms with Crippen LogP contribution in [0.1, 0.15) is 127 Å². The van der Waals surface area contributed by atoms with E-state index in [4.69, 9.17) is 5.11 Å². The zero-order valence-electron chi connectivity index (χ0n) is 37.5. The van der Waals surface area contributed by atoms with E-state index in [1.165, 1.54) is 31.2 Å². The van der Waals surface area contributed by atoms with Crippen LogP contribution in [0.5, 0.6) is 0 Å². The van der Waals surface area contributed by atoms with Crippen molar-refractivity contribution in [2.45, 2.75) is 125 Å². The van der Waals surface area contributed by atoms with Crippen LogP contribution in [0.15, 0.2) is 78.9 Å². The topological polar surface area (TPSA) is 141 Å². The summed E-state index contributed by atoms with van der Waals surface area (Å²) in [6.45, 7) is 17.4. The molecule has 0 radical (unpaired) electrons. The van der Waals surface area contributed by atoms with Crippen LogP contribution in [-0.2, 0) is 26.0 Å². The van der Waals surface area contributed by atoms with Crippen molar-refractivity contribution < 1.29 is 33.0 Å². The van der Waals surface area contributed by atoms with Gasteiger partial charge in [-0.3, -0.25) is 14.5 Å². The van der Waals surface area contributed by atoms with Gasteiger partial charge in [-0.15, -0.1) is 0 Å². The maximum atomic E-state index is 13.4. The molecule has 0 spiro atoms. The Balaban J connectivity index is 0.00000148. The first-order valence-corrected chi connectivity index (χ1v) is 24.8. The van der Waals surface area contributed by atoms with Gasteiger partial charge in [0.25, 0.3) is 5.91 Å². The Bertz CT molecular complexity index is 1760. The fourth-order valence-electron chi connectivity index (χ4n) is 5.77. The summed E-state index contributed by atoms with van der Waals surface area (Å²) in [5.41, 5.74) is 5.18. The summed E-state index contributed by atoms with van der Waals surface area (Å²) in [5.74, 6) is -2.08. The maximum absolute atomic E-state index is 13.4. The molecular weight excluding hydrogens is 781 g/mol. The molecule has 59 heavy (non-hydrogen) atoms. The van der Waals surface area contributed by atoms with Crippen molar-refractivity contribution in [2.24, 2.45) is 5.92 Å². The first-order chi connectivity index (χ1) is 28.3. The van der Waals surface area contributed by atoms with E-state index in [0.29, 0.717) is 11.6 Å². The number of sulfone groups is 1. The van der Waals surface area contributed by atoms with Gasteiger partial charge in [0.05, 0.1) is 11.7 Å². The molecule has 1 aliphatic carbocycles. The minimum Gasteiger partial charge on any atom is -0.481 e. The summed E-state index contributed by atoms with van der Waals surface area (Å²) in [5, 5.41) is 20.6. The minimum atomic E-state index is -3.38. The van der Waals surface area contributed by atoms with Crippen molar-refractivity contribution >= 4 is 45.5 Å².